The van der Waals surface area contributed by atoms with Crippen LogP contribution in [0.5, 0.6) is 17.2 Å². The van der Waals surface area contributed by atoms with E-state index in [2.05, 4.69) is 6.92 Å². The number of carboxylic acids is 1. The van der Waals surface area contributed by atoms with Crippen LogP contribution in [0.3, 0.4) is 0 Å². The Morgan fingerprint density at radius 3 is 2.66 bits per heavy atom. The summed E-state index contributed by atoms with van der Waals surface area (Å²) >= 11 is 0. The predicted octanol–water partition coefficient (Wildman–Crippen LogP) is 4.14. The van der Waals surface area contributed by atoms with E-state index in [1.807, 2.05) is 59.5 Å². The zero-order valence-corrected chi connectivity index (χ0v) is 25.1. The summed E-state index contributed by atoms with van der Waals surface area (Å²) in [5, 5.41) is 20.3. The summed E-state index contributed by atoms with van der Waals surface area (Å²) in [6.07, 6.45) is 2.13. The van der Waals surface area contributed by atoms with Gasteiger partial charge in [-0.3, -0.25) is 14.5 Å². The van der Waals surface area contributed by atoms with Gasteiger partial charge < -0.3 is 35.1 Å². The van der Waals surface area contributed by atoms with Crippen LogP contribution in [0, 0.1) is 5.92 Å². The highest BCUT2D eigenvalue weighted by molar-refractivity contribution is 5.95. The van der Waals surface area contributed by atoms with Crippen LogP contribution in [-0.4, -0.2) is 66.1 Å². The van der Waals surface area contributed by atoms with Crippen molar-refractivity contribution in [1.82, 2.24) is 4.90 Å². The van der Waals surface area contributed by atoms with Crippen LogP contribution in [0.25, 0.3) is 0 Å². The van der Waals surface area contributed by atoms with Gasteiger partial charge in [-0.1, -0.05) is 49.7 Å². The summed E-state index contributed by atoms with van der Waals surface area (Å²) in [5.74, 6) is -0.419. The number of hydrogen-bond donors (Lipinski definition) is 3. The van der Waals surface area contributed by atoms with E-state index in [1.165, 1.54) is 0 Å². The number of carbonyl (C=O) groups is 2. The van der Waals surface area contributed by atoms with Gasteiger partial charge in [-0.15, -0.1) is 0 Å². The number of anilines is 1. The monoisotopic (exact) mass is 603 g/mol. The Hall–Kier alpha value is -4.12. The number of unbranched alkanes of at least 4 members (excludes halogenated alkanes) is 1. The van der Waals surface area contributed by atoms with Crippen LogP contribution in [0.1, 0.15) is 48.8 Å². The molecule has 1 amide bonds. The molecule has 4 N–H and O–H groups in total. The molecular formula is C34H41N3O7. The summed E-state index contributed by atoms with van der Waals surface area (Å²) in [5.41, 5.74) is 9.09. The predicted molar refractivity (Wildman–Crippen MR) is 166 cm³/mol. The molecule has 0 bridgehead atoms. The Balaban J connectivity index is 1.42. The number of rotatable bonds is 14. The number of fused-ring (bicyclic) bond motifs is 1. The second-order valence-electron chi connectivity index (χ2n) is 11.3. The van der Waals surface area contributed by atoms with E-state index in [4.69, 9.17) is 19.9 Å². The summed E-state index contributed by atoms with van der Waals surface area (Å²) in [6, 6.07) is 20.0. The van der Waals surface area contributed by atoms with E-state index >= 15 is 0 Å². The highest BCUT2D eigenvalue weighted by atomic mass is 16.7. The van der Waals surface area contributed by atoms with Crippen LogP contribution >= 0.6 is 0 Å². The number of carbonyl (C=O) groups excluding carboxylic acids is 1. The van der Waals surface area contributed by atoms with E-state index < -0.39 is 17.9 Å². The van der Waals surface area contributed by atoms with Gasteiger partial charge in [0.2, 0.25) is 12.7 Å². The van der Waals surface area contributed by atoms with Crippen LogP contribution in [-0.2, 0) is 22.7 Å². The van der Waals surface area contributed by atoms with Gasteiger partial charge >= 0.3 is 5.97 Å². The lowest BCUT2D eigenvalue weighted by Gasteiger charge is -2.30. The lowest BCUT2D eigenvalue weighted by Crippen LogP contribution is -2.45. The average Bonchev–Trinajstić information content (AvgIpc) is 3.66. The van der Waals surface area contributed by atoms with Gasteiger partial charge in [-0.05, 0) is 54.3 Å². The zero-order chi connectivity index (χ0) is 31.1. The fourth-order valence-electron chi connectivity index (χ4n) is 6.22. The maximum atomic E-state index is 14.0. The Morgan fingerprint density at radius 1 is 1.07 bits per heavy atom. The maximum Gasteiger partial charge on any atom is 0.308 e. The van der Waals surface area contributed by atoms with Gasteiger partial charge in [0, 0.05) is 42.8 Å². The molecule has 0 spiro atoms. The van der Waals surface area contributed by atoms with Gasteiger partial charge in [-0.25, -0.2) is 0 Å². The Kier molecular flexibility index (Phi) is 10.4. The van der Waals surface area contributed by atoms with Crippen LogP contribution in [0.2, 0.25) is 0 Å². The topological polar surface area (TPSA) is 135 Å². The molecule has 0 unspecified atom stereocenters. The molecule has 2 aliphatic rings. The molecule has 0 saturated carbocycles. The molecule has 2 aliphatic heterocycles. The molecule has 234 valence electrons. The number of benzene rings is 3. The van der Waals surface area contributed by atoms with Crippen LogP contribution in [0.4, 0.5) is 5.69 Å². The largest absolute Gasteiger partial charge is 0.493 e. The molecule has 10 nitrogen and oxygen atoms in total. The molecule has 0 aliphatic carbocycles. The number of para-hydroxylation sites is 1. The molecule has 5 rings (SSSR count). The molecule has 3 aromatic rings. The van der Waals surface area contributed by atoms with Crippen molar-refractivity contribution in [2.75, 3.05) is 37.9 Å². The molecule has 10 heteroatoms. The number of aliphatic hydroxyl groups excluding tert-OH is 1. The number of carboxylic acid groups (broad SMARTS) is 1. The average molecular weight is 604 g/mol. The minimum atomic E-state index is -0.929. The van der Waals surface area contributed by atoms with E-state index in [0.717, 1.165) is 29.7 Å². The van der Waals surface area contributed by atoms with E-state index in [-0.39, 0.29) is 38.4 Å². The van der Waals surface area contributed by atoms with Crippen molar-refractivity contribution in [3.05, 3.63) is 83.4 Å². The molecule has 1 saturated heterocycles. The number of aliphatic carboxylic acids is 1. The zero-order valence-electron chi connectivity index (χ0n) is 25.1. The third-order valence-corrected chi connectivity index (χ3v) is 8.50. The minimum Gasteiger partial charge on any atom is -0.493 e. The molecule has 0 radical (unpaired) electrons. The van der Waals surface area contributed by atoms with Gasteiger partial charge in [-0.2, -0.15) is 0 Å². The summed E-state index contributed by atoms with van der Waals surface area (Å²) in [6.45, 7) is 3.62. The molecule has 1 fully saturated rings. The van der Waals surface area contributed by atoms with Crippen molar-refractivity contribution >= 4 is 17.6 Å². The fraction of sp³-hybridized carbons (Fsp3) is 0.412. The molecule has 44 heavy (non-hydrogen) atoms. The molecular weight excluding hydrogens is 562 g/mol. The number of nitrogens with zero attached hydrogens (tertiary/aromatic N) is 2. The van der Waals surface area contributed by atoms with Gasteiger partial charge in [0.15, 0.2) is 11.5 Å². The third-order valence-electron chi connectivity index (χ3n) is 8.50. The van der Waals surface area contributed by atoms with Crippen LogP contribution in [0.15, 0.2) is 66.7 Å². The summed E-state index contributed by atoms with van der Waals surface area (Å²) in [7, 11) is 0. The Morgan fingerprint density at radius 2 is 1.89 bits per heavy atom. The SMILES string of the molecule is CCCCN(C(=O)CN1C[C@H](c2ccc3c(c2)OCO3)[C@@H](C(=O)O)[C@@H]1CCOc1ccccc1CO)c1cccc(CN)c1. The van der Waals surface area contributed by atoms with E-state index in [0.29, 0.717) is 48.9 Å². The smallest absolute Gasteiger partial charge is 0.308 e. The number of nitrogens with two attached hydrogens (primary N) is 1. The molecule has 3 atom stereocenters. The van der Waals surface area contributed by atoms with Crippen molar-refractivity contribution in [3.63, 3.8) is 0 Å². The van der Waals surface area contributed by atoms with Crippen molar-refractivity contribution < 1.29 is 34.0 Å². The number of hydrogen-bond acceptors (Lipinski definition) is 8. The Labute approximate surface area is 257 Å². The number of aliphatic hydroxyl groups is 1. The van der Waals surface area contributed by atoms with Crippen molar-refractivity contribution in [2.45, 2.75) is 51.3 Å². The first-order valence-corrected chi connectivity index (χ1v) is 15.2. The Bertz CT molecular complexity index is 1450. The molecule has 0 aromatic heterocycles. The number of likely N-dealkylation sites (tertiary alicyclic amines) is 1. The first-order chi connectivity index (χ1) is 21.4. The summed E-state index contributed by atoms with van der Waals surface area (Å²) < 4.78 is 17.1. The highest BCUT2D eigenvalue weighted by Crippen LogP contribution is 2.43. The van der Waals surface area contributed by atoms with Crippen LogP contribution < -0.4 is 24.8 Å². The van der Waals surface area contributed by atoms with Crippen molar-refractivity contribution in [2.24, 2.45) is 11.7 Å². The normalized spacial score (nSPS) is 19.2. The van der Waals surface area contributed by atoms with Gasteiger partial charge in [0.1, 0.15) is 5.75 Å². The summed E-state index contributed by atoms with van der Waals surface area (Å²) in [4.78, 5) is 30.7. The second kappa shape index (κ2) is 14.6. The van der Waals surface area contributed by atoms with E-state index in [9.17, 15) is 19.8 Å². The third kappa shape index (κ3) is 6.99. The van der Waals surface area contributed by atoms with E-state index in [1.54, 1.807) is 17.0 Å². The van der Waals surface area contributed by atoms with Gasteiger partial charge in [0.25, 0.3) is 0 Å². The van der Waals surface area contributed by atoms with Gasteiger partial charge in [0.05, 0.1) is 25.7 Å². The molecule has 3 aromatic carbocycles. The lowest BCUT2D eigenvalue weighted by atomic mass is 9.84. The van der Waals surface area contributed by atoms with Crippen molar-refractivity contribution in [1.29, 1.82) is 0 Å². The highest BCUT2D eigenvalue weighted by Gasteiger charge is 2.47. The molecule has 2 heterocycles. The minimum absolute atomic E-state index is 0.0549. The lowest BCUT2D eigenvalue weighted by molar-refractivity contribution is -0.143. The second-order valence-corrected chi connectivity index (χ2v) is 11.3. The fourth-order valence-corrected chi connectivity index (χ4v) is 6.22. The number of ether oxygens (including phenoxy) is 3. The standard InChI is InChI=1S/C34H41N3O7/c1-2-3-14-37(26-9-6-7-23(16-26)18-35)32(39)20-36-19-27(24-11-12-30-31(17-24)44-22-43-30)33(34(40)41)28(36)13-15-42-29-10-5-4-8-25(29)21-38/h4-12,16-17,27-28,33,38H,2-3,13-15,18-22,35H2,1H3,(H,40,41)/t27-,28+,33-/m1/s1. The quantitative estimate of drug-likeness (QED) is 0.249. The van der Waals surface area contributed by atoms with Crippen molar-refractivity contribution in [3.8, 4) is 17.2 Å². The maximum absolute atomic E-state index is 14.0. The number of amides is 1. The first-order valence-electron chi connectivity index (χ1n) is 15.2. The first kappa shape index (κ1) is 31.3.